The normalized spacial score (nSPS) is 14.3. The lowest BCUT2D eigenvalue weighted by Crippen LogP contribution is -2.55. The first-order valence-electron chi connectivity index (χ1n) is 15.7. The third-order valence-electron chi connectivity index (χ3n) is 8.48. The largest absolute Gasteiger partial charge is 0.352 e. The minimum Gasteiger partial charge on any atom is -0.352 e. The summed E-state index contributed by atoms with van der Waals surface area (Å²) in [5.41, 5.74) is 2.86. The third kappa shape index (κ3) is 8.44. The molecule has 0 bridgehead atoms. The molecule has 2 amide bonds. The third-order valence-corrected chi connectivity index (χ3v) is 10.8. The first-order valence-corrected chi connectivity index (χ1v) is 18.0. The van der Waals surface area contributed by atoms with Crippen molar-refractivity contribution in [1.82, 2.24) is 10.2 Å². The molecule has 1 fully saturated rings. The number of aryl methyl sites for hydroxylation is 1. The second-order valence-electron chi connectivity index (χ2n) is 11.8. The number of amides is 2. The fourth-order valence-electron chi connectivity index (χ4n) is 5.96. The number of carbonyl (C=O) groups excluding carboxylic acids is 2. The highest BCUT2D eigenvalue weighted by Crippen LogP contribution is 2.28. The van der Waals surface area contributed by atoms with E-state index in [0.29, 0.717) is 11.3 Å². The summed E-state index contributed by atoms with van der Waals surface area (Å²) < 4.78 is 30.4. The van der Waals surface area contributed by atoms with Crippen LogP contribution in [0.25, 0.3) is 0 Å². The zero-order chi connectivity index (χ0) is 32.5. The SMILES string of the molecule is Cc1ccccc1N(CC(=O)N(Cc1ccc(Br)cc1)C(Cc1ccccc1)C(=O)NC1CCCCC1)S(=O)(=O)c1ccccc1. The molecule has 7 nitrogen and oxygen atoms in total. The van der Waals surface area contributed by atoms with Crippen molar-refractivity contribution in [2.24, 2.45) is 0 Å². The van der Waals surface area contributed by atoms with Gasteiger partial charge in [0.1, 0.15) is 12.6 Å². The van der Waals surface area contributed by atoms with E-state index >= 15 is 0 Å². The van der Waals surface area contributed by atoms with E-state index in [0.717, 1.165) is 47.7 Å². The lowest BCUT2D eigenvalue weighted by molar-refractivity contribution is -0.140. The quantitative estimate of drug-likeness (QED) is 0.172. The molecular weight excluding hydrogens is 662 g/mol. The lowest BCUT2D eigenvalue weighted by atomic mass is 9.94. The topological polar surface area (TPSA) is 86.8 Å². The Hall–Kier alpha value is -3.95. The summed E-state index contributed by atoms with van der Waals surface area (Å²) in [6.45, 7) is 1.48. The van der Waals surface area contributed by atoms with E-state index in [1.54, 1.807) is 35.2 Å². The standard InChI is InChI=1S/C37H40BrN3O4S/c1-28-13-11-12-20-34(28)41(46(44,45)33-18-9-4-10-19-33)27-36(42)40(26-30-21-23-31(38)24-22-30)35(25-29-14-5-2-6-15-29)37(43)39-32-16-7-3-8-17-32/h2,4-6,9-15,18-24,32,35H,3,7-8,16-17,25-27H2,1H3,(H,39,43). The number of hydrogen-bond acceptors (Lipinski definition) is 4. The van der Waals surface area contributed by atoms with E-state index in [1.165, 1.54) is 16.4 Å². The number of hydrogen-bond donors (Lipinski definition) is 1. The number of nitrogens with zero attached hydrogens (tertiary/aromatic N) is 2. The second-order valence-corrected chi connectivity index (χ2v) is 14.6. The maximum Gasteiger partial charge on any atom is 0.264 e. The van der Waals surface area contributed by atoms with Crippen LogP contribution in [0.5, 0.6) is 0 Å². The van der Waals surface area contributed by atoms with Crippen LogP contribution < -0.4 is 9.62 Å². The Labute approximate surface area is 280 Å². The summed E-state index contributed by atoms with van der Waals surface area (Å²) >= 11 is 3.48. The molecule has 4 aromatic carbocycles. The highest BCUT2D eigenvalue weighted by molar-refractivity contribution is 9.10. The van der Waals surface area contributed by atoms with Gasteiger partial charge >= 0.3 is 0 Å². The molecule has 0 aliphatic heterocycles. The van der Waals surface area contributed by atoms with Gasteiger partial charge in [0, 0.05) is 23.5 Å². The minimum atomic E-state index is -4.13. The van der Waals surface area contributed by atoms with Gasteiger partial charge < -0.3 is 10.2 Å². The van der Waals surface area contributed by atoms with E-state index in [-0.39, 0.29) is 29.8 Å². The van der Waals surface area contributed by atoms with Gasteiger partial charge in [0.15, 0.2) is 0 Å². The number of halogens is 1. The summed E-state index contributed by atoms with van der Waals surface area (Å²) in [5.74, 6) is -0.694. The first-order chi connectivity index (χ1) is 22.2. The smallest absolute Gasteiger partial charge is 0.264 e. The Kier molecular flexibility index (Phi) is 11.3. The molecule has 1 atom stereocenters. The summed E-state index contributed by atoms with van der Waals surface area (Å²) in [4.78, 5) is 30.5. The fraction of sp³-hybridized carbons (Fsp3) is 0.297. The number of nitrogens with one attached hydrogen (secondary N) is 1. The molecule has 46 heavy (non-hydrogen) atoms. The maximum atomic E-state index is 14.6. The van der Waals surface area contributed by atoms with Crippen molar-refractivity contribution in [3.8, 4) is 0 Å². The number of anilines is 1. The zero-order valence-corrected chi connectivity index (χ0v) is 28.4. The van der Waals surface area contributed by atoms with E-state index in [4.69, 9.17) is 0 Å². The van der Waals surface area contributed by atoms with E-state index in [1.807, 2.05) is 73.7 Å². The molecular formula is C37H40BrN3O4S. The monoisotopic (exact) mass is 701 g/mol. The van der Waals surface area contributed by atoms with Crippen molar-refractivity contribution in [1.29, 1.82) is 0 Å². The van der Waals surface area contributed by atoms with Crippen LogP contribution in [0.2, 0.25) is 0 Å². The average Bonchev–Trinajstić information content (AvgIpc) is 3.07. The first kappa shape index (κ1) is 33.4. The molecule has 4 aromatic rings. The summed E-state index contributed by atoms with van der Waals surface area (Å²) in [5, 5.41) is 3.25. The number of carbonyl (C=O) groups is 2. The molecule has 1 aliphatic rings. The summed E-state index contributed by atoms with van der Waals surface area (Å²) in [6.07, 6.45) is 5.36. The van der Waals surface area contributed by atoms with Gasteiger partial charge in [-0.3, -0.25) is 13.9 Å². The molecule has 0 aromatic heterocycles. The second kappa shape index (κ2) is 15.6. The highest BCUT2D eigenvalue weighted by atomic mass is 79.9. The molecule has 1 aliphatic carbocycles. The van der Waals surface area contributed by atoms with E-state index in [2.05, 4.69) is 21.2 Å². The van der Waals surface area contributed by atoms with Crippen LogP contribution in [0.15, 0.2) is 119 Å². The van der Waals surface area contributed by atoms with Gasteiger partial charge in [-0.1, -0.05) is 114 Å². The van der Waals surface area contributed by atoms with Crippen molar-refractivity contribution < 1.29 is 18.0 Å². The van der Waals surface area contributed by atoms with Gasteiger partial charge in [-0.05, 0) is 66.8 Å². The molecule has 1 saturated carbocycles. The summed E-state index contributed by atoms with van der Waals surface area (Å²) in [6, 6.07) is 31.7. The number of rotatable bonds is 12. The number of para-hydroxylation sites is 1. The Morgan fingerprint density at radius 3 is 2.07 bits per heavy atom. The van der Waals surface area contributed by atoms with E-state index in [9.17, 15) is 18.0 Å². The van der Waals surface area contributed by atoms with Crippen molar-refractivity contribution in [3.05, 3.63) is 130 Å². The van der Waals surface area contributed by atoms with Crippen LogP contribution in [0.1, 0.15) is 48.8 Å². The highest BCUT2D eigenvalue weighted by Gasteiger charge is 2.35. The van der Waals surface area contributed by atoms with Crippen LogP contribution in [-0.2, 0) is 32.6 Å². The van der Waals surface area contributed by atoms with Crippen molar-refractivity contribution in [2.75, 3.05) is 10.8 Å². The fourth-order valence-corrected chi connectivity index (χ4v) is 7.73. The molecule has 1 unspecified atom stereocenters. The minimum absolute atomic E-state index is 0.0473. The number of sulfonamides is 1. The van der Waals surface area contributed by atoms with Gasteiger partial charge in [-0.15, -0.1) is 0 Å². The lowest BCUT2D eigenvalue weighted by Gasteiger charge is -2.35. The maximum absolute atomic E-state index is 14.6. The van der Waals surface area contributed by atoms with Gasteiger partial charge in [-0.25, -0.2) is 8.42 Å². The van der Waals surface area contributed by atoms with Crippen molar-refractivity contribution in [2.45, 2.75) is 69.0 Å². The Morgan fingerprint density at radius 2 is 1.41 bits per heavy atom. The van der Waals surface area contributed by atoms with Crippen molar-refractivity contribution >= 4 is 43.5 Å². The molecule has 240 valence electrons. The average molecular weight is 703 g/mol. The van der Waals surface area contributed by atoms with Crippen LogP contribution in [-0.4, -0.2) is 43.8 Å². The molecule has 0 heterocycles. The Balaban J connectivity index is 1.56. The van der Waals surface area contributed by atoms with Crippen LogP contribution in [0.3, 0.4) is 0 Å². The van der Waals surface area contributed by atoms with Crippen molar-refractivity contribution in [3.63, 3.8) is 0 Å². The van der Waals surface area contributed by atoms with Gasteiger partial charge in [-0.2, -0.15) is 0 Å². The molecule has 1 N–H and O–H groups in total. The molecule has 0 radical (unpaired) electrons. The summed E-state index contributed by atoms with van der Waals surface area (Å²) in [7, 11) is -4.13. The Bertz CT molecular complexity index is 1710. The molecule has 0 spiro atoms. The van der Waals surface area contributed by atoms with Gasteiger partial charge in [0.25, 0.3) is 10.0 Å². The zero-order valence-electron chi connectivity index (χ0n) is 26.0. The molecule has 9 heteroatoms. The van der Waals surface area contributed by atoms with Gasteiger partial charge in [0.2, 0.25) is 11.8 Å². The van der Waals surface area contributed by atoms with Gasteiger partial charge in [0.05, 0.1) is 10.6 Å². The molecule has 5 rings (SSSR count). The molecule has 0 saturated heterocycles. The predicted molar refractivity (Wildman–Crippen MR) is 186 cm³/mol. The number of benzene rings is 4. The van der Waals surface area contributed by atoms with Crippen LogP contribution >= 0.6 is 15.9 Å². The van der Waals surface area contributed by atoms with Crippen LogP contribution in [0, 0.1) is 6.92 Å². The predicted octanol–water partition coefficient (Wildman–Crippen LogP) is 7.04. The van der Waals surface area contributed by atoms with E-state index < -0.39 is 28.5 Å². The Morgan fingerprint density at radius 1 is 0.804 bits per heavy atom. The van der Waals surface area contributed by atoms with Crippen LogP contribution in [0.4, 0.5) is 5.69 Å².